The summed E-state index contributed by atoms with van der Waals surface area (Å²) in [5, 5.41) is 13.6. The summed E-state index contributed by atoms with van der Waals surface area (Å²) in [7, 11) is 0. The second-order valence-electron chi connectivity index (χ2n) is 11.3. The first-order chi connectivity index (χ1) is 20.3. The van der Waals surface area contributed by atoms with Crippen molar-refractivity contribution < 1.29 is 14.3 Å². The third kappa shape index (κ3) is 7.32. The number of carbonyl (C=O) groups excluding carboxylic acids is 2. The Hall–Kier alpha value is -4.70. The van der Waals surface area contributed by atoms with Crippen molar-refractivity contribution in [3.63, 3.8) is 0 Å². The van der Waals surface area contributed by atoms with Gasteiger partial charge in [-0.05, 0) is 74.5 Å². The number of nitrogens with one attached hydrogen (secondary N) is 3. The van der Waals surface area contributed by atoms with Crippen LogP contribution in [0.3, 0.4) is 0 Å². The summed E-state index contributed by atoms with van der Waals surface area (Å²) < 4.78 is 7.43. The maximum atomic E-state index is 13.3. The summed E-state index contributed by atoms with van der Waals surface area (Å²) in [4.78, 5) is 32.7. The van der Waals surface area contributed by atoms with Crippen molar-refractivity contribution in [2.75, 3.05) is 36.8 Å². The van der Waals surface area contributed by atoms with Crippen molar-refractivity contribution in [2.45, 2.75) is 39.0 Å². The van der Waals surface area contributed by atoms with Crippen LogP contribution in [-0.2, 0) is 5.41 Å². The molecule has 0 spiro atoms. The number of nitrogens with zero attached hydrogens (tertiary/aromatic N) is 4. The van der Waals surface area contributed by atoms with E-state index in [2.05, 4.69) is 46.6 Å². The molecule has 10 heteroatoms. The van der Waals surface area contributed by atoms with Gasteiger partial charge in [-0.25, -0.2) is 9.48 Å². The van der Waals surface area contributed by atoms with Gasteiger partial charge in [0.25, 0.3) is 5.91 Å². The maximum Gasteiger partial charge on any atom is 0.324 e. The third-order valence-corrected chi connectivity index (χ3v) is 7.01. The SMILES string of the molecule is CC(C)(C)c1cc(NC(=O)Nc2ccc(Oc3ccncc3)cc2)n(-c2ccccc2C(=O)NCCN2CCCC2)n1. The van der Waals surface area contributed by atoms with E-state index < -0.39 is 6.03 Å². The summed E-state index contributed by atoms with van der Waals surface area (Å²) >= 11 is 0. The predicted molar refractivity (Wildman–Crippen MR) is 164 cm³/mol. The number of benzene rings is 2. The number of pyridine rings is 1. The molecule has 1 fully saturated rings. The molecule has 5 rings (SSSR count). The fourth-order valence-electron chi connectivity index (χ4n) is 4.73. The van der Waals surface area contributed by atoms with Crippen molar-refractivity contribution in [1.29, 1.82) is 0 Å². The van der Waals surface area contributed by atoms with E-state index in [0.717, 1.165) is 25.3 Å². The molecule has 42 heavy (non-hydrogen) atoms. The van der Waals surface area contributed by atoms with Crippen LogP contribution in [0.15, 0.2) is 79.1 Å². The van der Waals surface area contributed by atoms with Gasteiger partial charge in [0.1, 0.15) is 17.3 Å². The minimum Gasteiger partial charge on any atom is -0.457 e. The Labute approximate surface area is 246 Å². The van der Waals surface area contributed by atoms with Crippen molar-refractivity contribution in [3.8, 4) is 17.2 Å². The number of anilines is 2. The second kappa shape index (κ2) is 12.9. The van der Waals surface area contributed by atoms with E-state index in [1.165, 1.54) is 12.8 Å². The fourth-order valence-corrected chi connectivity index (χ4v) is 4.73. The van der Waals surface area contributed by atoms with Gasteiger partial charge in [0.05, 0.1) is 16.9 Å². The van der Waals surface area contributed by atoms with Crippen molar-refractivity contribution in [3.05, 3.63) is 90.4 Å². The van der Waals surface area contributed by atoms with Crippen LogP contribution in [0, 0.1) is 0 Å². The molecule has 10 nitrogen and oxygen atoms in total. The van der Waals surface area contributed by atoms with Crippen LogP contribution in [0.25, 0.3) is 5.69 Å². The van der Waals surface area contributed by atoms with E-state index >= 15 is 0 Å². The van der Waals surface area contributed by atoms with E-state index in [0.29, 0.717) is 40.8 Å². The summed E-state index contributed by atoms with van der Waals surface area (Å²) in [5.41, 5.74) is 2.15. The second-order valence-corrected chi connectivity index (χ2v) is 11.3. The molecule has 0 unspecified atom stereocenters. The molecule has 1 saturated heterocycles. The summed E-state index contributed by atoms with van der Waals surface area (Å²) in [6.45, 7) is 9.71. The molecule has 0 aliphatic carbocycles. The zero-order valence-corrected chi connectivity index (χ0v) is 24.3. The molecular weight excluding hydrogens is 530 g/mol. The molecule has 3 heterocycles. The highest BCUT2D eigenvalue weighted by Gasteiger charge is 2.24. The van der Waals surface area contributed by atoms with E-state index in [1.807, 2.05) is 24.3 Å². The van der Waals surface area contributed by atoms with Gasteiger partial charge in [-0.1, -0.05) is 32.9 Å². The minimum atomic E-state index is -0.438. The zero-order chi connectivity index (χ0) is 29.5. The van der Waals surface area contributed by atoms with Gasteiger partial charge in [0.15, 0.2) is 0 Å². The highest BCUT2D eigenvalue weighted by molar-refractivity contribution is 6.00. The highest BCUT2D eigenvalue weighted by atomic mass is 16.5. The van der Waals surface area contributed by atoms with Gasteiger partial charge >= 0.3 is 6.03 Å². The standard InChI is InChI=1S/C32H37N7O3/c1-32(2,3)28-22-29(36-31(41)35-23-10-12-24(13-11-23)42-25-14-16-33-17-15-25)39(37-28)27-9-5-4-8-26(27)30(40)34-18-21-38-19-6-7-20-38/h4-5,8-17,22H,6-7,18-21H2,1-3H3,(H,34,40)(H2,35,36,41). The fraction of sp³-hybridized carbons (Fsp3) is 0.312. The lowest BCUT2D eigenvalue weighted by molar-refractivity contribution is 0.0949. The number of para-hydroxylation sites is 1. The number of ether oxygens (including phenoxy) is 1. The smallest absolute Gasteiger partial charge is 0.324 e. The van der Waals surface area contributed by atoms with Crippen LogP contribution < -0.4 is 20.7 Å². The van der Waals surface area contributed by atoms with Gasteiger partial charge in [-0.2, -0.15) is 5.10 Å². The number of likely N-dealkylation sites (tertiary alicyclic amines) is 1. The number of hydrogen-bond donors (Lipinski definition) is 3. The molecule has 2 aromatic heterocycles. The minimum absolute atomic E-state index is 0.179. The first kappa shape index (κ1) is 28.8. The molecule has 3 N–H and O–H groups in total. The maximum absolute atomic E-state index is 13.3. The number of amides is 3. The van der Waals surface area contributed by atoms with Crippen LogP contribution in [0.5, 0.6) is 11.5 Å². The van der Waals surface area contributed by atoms with Crippen molar-refractivity contribution >= 4 is 23.4 Å². The predicted octanol–water partition coefficient (Wildman–Crippen LogP) is 5.83. The summed E-state index contributed by atoms with van der Waals surface area (Å²) in [6, 6.07) is 19.3. The Balaban J connectivity index is 1.31. The van der Waals surface area contributed by atoms with Crippen LogP contribution in [0.1, 0.15) is 49.7 Å². The van der Waals surface area contributed by atoms with E-state index in [4.69, 9.17) is 9.84 Å². The Bertz CT molecular complexity index is 1510. The molecule has 0 radical (unpaired) electrons. The largest absolute Gasteiger partial charge is 0.457 e. The lowest BCUT2D eigenvalue weighted by atomic mass is 9.92. The molecule has 3 amide bonds. The molecular formula is C32H37N7O3. The normalized spacial score (nSPS) is 13.5. The molecule has 0 bridgehead atoms. The van der Waals surface area contributed by atoms with Gasteiger partial charge in [-0.15, -0.1) is 0 Å². The van der Waals surface area contributed by atoms with Crippen LogP contribution in [0.2, 0.25) is 0 Å². The van der Waals surface area contributed by atoms with Crippen LogP contribution >= 0.6 is 0 Å². The number of rotatable bonds is 9. The Kier molecular flexibility index (Phi) is 8.83. The highest BCUT2D eigenvalue weighted by Crippen LogP contribution is 2.28. The molecule has 1 aliphatic heterocycles. The average Bonchev–Trinajstić information content (AvgIpc) is 3.65. The monoisotopic (exact) mass is 567 g/mol. The Morgan fingerprint density at radius 3 is 2.31 bits per heavy atom. The Morgan fingerprint density at radius 2 is 1.60 bits per heavy atom. The molecule has 0 atom stereocenters. The lowest BCUT2D eigenvalue weighted by Crippen LogP contribution is -2.34. The number of urea groups is 1. The quantitative estimate of drug-likeness (QED) is 0.235. The van der Waals surface area contributed by atoms with Gasteiger partial charge in [-0.3, -0.25) is 15.1 Å². The number of carbonyl (C=O) groups is 2. The van der Waals surface area contributed by atoms with E-state index in [9.17, 15) is 9.59 Å². The molecule has 4 aromatic rings. The molecule has 218 valence electrons. The van der Waals surface area contributed by atoms with E-state index in [-0.39, 0.29) is 11.3 Å². The lowest BCUT2D eigenvalue weighted by Gasteiger charge is -2.17. The first-order valence-electron chi connectivity index (χ1n) is 14.2. The summed E-state index contributed by atoms with van der Waals surface area (Å²) in [6.07, 6.45) is 5.74. The summed E-state index contributed by atoms with van der Waals surface area (Å²) in [5.74, 6) is 1.58. The van der Waals surface area contributed by atoms with Crippen molar-refractivity contribution in [1.82, 2.24) is 25.0 Å². The van der Waals surface area contributed by atoms with Crippen molar-refractivity contribution in [2.24, 2.45) is 0 Å². The number of hydrogen-bond acceptors (Lipinski definition) is 6. The molecule has 0 saturated carbocycles. The zero-order valence-electron chi connectivity index (χ0n) is 24.3. The first-order valence-corrected chi connectivity index (χ1v) is 14.2. The van der Waals surface area contributed by atoms with Gasteiger partial charge in [0, 0.05) is 42.7 Å². The van der Waals surface area contributed by atoms with E-state index in [1.54, 1.807) is 59.5 Å². The topological polar surface area (TPSA) is 113 Å². The van der Waals surface area contributed by atoms with Gasteiger partial charge < -0.3 is 20.3 Å². The molecule has 1 aliphatic rings. The number of aromatic nitrogens is 3. The Morgan fingerprint density at radius 1 is 0.905 bits per heavy atom. The van der Waals surface area contributed by atoms with Crippen LogP contribution in [0.4, 0.5) is 16.3 Å². The van der Waals surface area contributed by atoms with Crippen LogP contribution in [-0.4, -0.2) is 57.8 Å². The average molecular weight is 568 g/mol. The molecule has 2 aromatic carbocycles. The third-order valence-electron chi connectivity index (χ3n) is 7.01. The van der Waals surface area contributed by atoms with Gasteiger partial charge in [0.2, 0.25) is 0 Å².